The van der Waals surface area contributed by atoms with Gasteiger partial charge in [-0.05, 0) is 18.2 Å². The van der Waals surface area contributed by atoms with E-state index in [0.717, 1.165) is 0 Å². The molecule has 0 atom stereocenters. The number of anilines is 2. The Hall–Kier alpha value is -0.840. The lowest BCUT2D eigenvalue weighted by Crippen LogP contribution is -1.90. The first-order valence-corrected chi connectivity index (χ1v) is 5.61. The number of aromatic nitrogens is 1. The molecule has 2 rings (SSSR count). The summed E-state index contributed by atoms with van der Waals surface area (Å²) in [6.07, 6.45) is 0. The molecule has 1 heterocycles. The van der Waals surface area contributed by atoms with Gasteiger partial charge in [-0.3, -0.25) is 0 Å². The van der Waals surface area contributed by atoms with E-state index < -0.39 is 5.82 Å². The molecule has 0 aliphatic heterocycles. The Balaban J connectivity index is 2.24. The fourth-order valence-corrected chi connectivity index (χ4v) is 2.14. The van der Waals surface area contributed by atoms with Crippen LogP contribution in [0.2, 0.25) is 10.2 Å². The van der Waals surface area contributed by atoms with Gasteiger partial charge in [-0.25, -0.2) is 9.37 Å². The van der Waals surface area contributed by atoms with Crippen LogP contribution < -0.4 is 5.32 Å². The summed E-state index contributed by atoms with van der Waals surface area (Å²) in [4.78, 5) is 3.97. The average molecular weight is 263 g/mol. The predicted molar refractivity (Wildman–Crippen MR) is 61.8 cm³/mol. The van der Waals surface area contributed by atoms with Crippen molar-refractivity contribution in [1.29, 1.82) is 0 Å². The summed E-state index contributed by atoms with van der Waals surface area (Å²) in [5.74, 6) is -0.396. The Bertz CT molecular complexity index is 466. The lowest BCUT2D eigenvalue weighted by molar-refractivity contribution is 0.628. The van der Waals surface area contributed by atoms with Crippen LogP contribution in [0, 0.1) is 5.82 Å². The van der Waals surface area contributed by atoms with Crippen molar-refractivity contribution in [3.8, 4) is 0 Å². The first-order valence-electron chi connectivity index (χ1n) is 3.97. The molecule has 1 aromatic carbocycles. The lowest BCUT2D eigenvalue weighted by atomic mass is 10.3. The van der Waals surface area contributed by atoms with Gasteiger partial charge in [0.25, 0.3) is 0 Å². The van der Waals surface area contributed by atoms with E-state index in [0.29, 0.717) is 21.0 Å². The number of nitrogens with one attached hydrogen (secondary N) is 1. The number of hydrogen-bond acceptors (Lipinski definition) is 3. The minimum Gasteiger partial charge on any atom is -0.331 e. The van der Waals surface area contributed by atoms with E-state index >= 15 is 0 Å². The van der Waals surface area contributed by atoms with Crippen LogP contribution in [-0.4, -0.2) is 4.98 Å². The summed E-state index contributed by atoms with van der Waals surface area (Å²) >= 11 is 12.7. The van der Waals surface area contributed by atoms with Crippen molar-refractivity contribution in [2.75, 3.05) is 5.32 Å². The van der Waals surface area contributed by atoms with Gasteiger partial charge in [0.1, 0.15) is 11.0 Å². The van der Waals surface area contributed by atoms with Gasteiger partial charge in [0.15, 0.2) is 5.13 Å². The normalized spacial score (nSPS) is 10.3. The van der Waals surface area contributed by atoms with Crippen LogP contribution in [0.15, 0.2) is 23.6 Å². The molecule has 0 bridgehead atoms. The van der Waals surface area contributed by atoms with Crippen LogP contribution >= 0.6 is 34.5 Å². The molecular weight excluding hydrogens is 258 g/mol. The van der Waals surface area contributed by atoms with E-state index in [4.69, 9.17) is 23.2 Å². The van der Waals surface area contributed by atoms with E-state index in [1.54, 1.807) is 11.4 Å². The third-order valence-electron chi connectivity index (χ3n) is 1.59. The van der Waals surface area contributed by atoms with Crippen LogP contribution in [0.4, 0.5) is 15.2 Å². The molecule has 0 spiro atoms. The number of rotatable bonds is 2. The van der Waals surface area contributed by atoms with Crippen LogP contribution in [0.3, 0.4) is 0 Å². The molecule has 78 valence electrons. The van der Waals surface area contributed by atoms with Gasteiger partial charge in [0.2, 0.25) is 0 Å². The largest absolute Gasteiger partial charge is 0.331 e. The number of halogens is 3. The molecule has 1 aromatic heterocycles. The molecule has 0 fully saturated rings. The third-order valence-corrected chi connectivity index (χ3v) is 2.89. The fourth-order valence-electron chi connectivity index (χ4n) is 1.06. The summed E-state index contributed by atoms with van der Waals surface area (Å²) < 4.78 is 13.0. The third kappa shape index (κ3) is 2.81. The van der Waals surface area contributed by atoms with Crippen LogP contribution in [0.5, 0.6) is 0 Å². The van der Waals surface area contributed by atoms with Gasteiger partial charge in [-0.15, -0.1) is 11.3 Å². The van der Waals surface area contributed by atoms with Gasteiger partial charge < -0.3 is 5.32 Å². The van der Waals surface area contributed by atoms with Gasteiger partial charge in [-0.1, -0.05) is 23.2 Å². The van der Waals surface area contributed by atoms with Crippen LogP contribution in [-0.2, 0) is 0 Å². The molecular formula is C9H5Cl2FN2S. The minimum atomic E-state index is -0.396. The van der Waals surface area contributed by atoms with E-state index in [1.807, 2.05) is 0 Å². The average Bonchev–Trinajstić information content (AvgIpc) is 2.49. The maximum absolute atomic E-state index is 13.0. The maximum Gasteiger partial charge on any atom is 0.188 e. The van der Waals surface area contributed by atoms with E-state index in [2.05, 4.69) is 10.3 Å². The zero-order valence-electron chi connectivity index (χ0n) is 7.30. The Morgan fingerprint density at radius 2 is 2.07 bits per heavy atom. The molecule has 0 aliphatic rings. The van der Waals surface area contributed by atoms with Crippen molar-refractivity contribution in [2.24, 2.45) is 0 Å². The topological polar surface area (TPSA) is 24.9 Å². The molecule has 0 saturated carbocycles. The summed E-state index contributed by atoms with van der Waals surface area (Å²) in [6.45, 7) is 0. The number of thiazole rings is 1. The molecule has 2 nitrogen and oxygen atoms in total. The summed E-state index contributed by atoms with van der Waals surface area (Å²) in [6, 6.07) is 4.18. The van der Waals surface area contributed by atoms with Crippen LogP contribution in [0.1, 0.15) is 0 Å². The molecule has 6 heteroatoms. The second kappa shape index (κ2) is 4.35. The van der Waals surface area contributed by atoms with Gasteiger partial charge in [-0.2, -0.15) is 0 Å². The minimum absolute atomic E-state index is 0.333. The Morgan fingerprint density at radius 3 is 2.67 bits per heavy atom. The number of nitrogens with zero attached hydrogens (tertiary/aromatic N) is 1. The summed E-state index contributed by atoms with van der Waals surface area (Å²) in [5.41, 5.74) is 0.547. The Morgan fingerprint density at radius 1 is 1.27 bits per heavy atom. The number of hydrogen-bond donors (Lipinski definition) is 1. The fraction of sp³-hybridized carbons (Fsp3) is 0. The van der Waals surface area contributed by atoms with Crippen molar-refractivity contribution in [1.82, 2.24) is 4.98 Å². The highest BCUT2D eigenvalue weighted by Gasteiger charge is 2.02. The van der Waals surface area contributed by atoms with E-state index in [-0.39, 0.29) is 0 Å². The second-order valence-corrected chi connectivity index (χ2v) is 4.44. The molecule has 0 unspecified atom stereocenters. The van der Waals surface area contributed by atoms with Crippen molar-refractivity contribution < 1.29 is 4.39 Å². The maximum atomic E-state index is 13.0. The highest BCUT2D eigenvalue weighted by molar-refractivity contribution is 7.14. The van der Waals surface area contributed by atoms with Gasteiger partial charge in [0, 0.05) is 16.1 Å². The molecule has 1 N–H and O–H groups in total. The highest BCUT2D eigenvalue weighted by Crippen LogP contribution is 2.25. The highest BCUT2D eigenvalue weighted by atomic mass is 35.5. The van der Waals surface area contributed by atoms with Crippen molar-refractivity contribution in [2.45, 2.75) is 0 Å². The van der Waals surface area contributed by atoms with Gasteiger partial charge >= 0.3 is 0 Å². The molecule has 15 heavy (non-hydrogen) atoms. The molecule has 0 aliphatic carbocycles. The van der Waals surface area contributed by atoms with E-state index in [9.17, 15) is 4.39 Å². The summed E-state index contributed by atoms with van der Waals surface area (Å²) in [7, 11) is 0. The molecule has 0 amide bonds. The smallest absolute Gasteiger partial charge is 0.188 e. The van der Waals surface area contributed by atoms with Gasteiger partial charge in [0.05, 0.1) is 0 Å². The van der Waals surface area contributed by atoms with Crippen molar-refractivity contribution in [3.63, 3.8) is 0 Å². The van der Waals surface area contributed by atoms with Crippen LogP contribution in [0.25, 0.3) is 0 Å². The zero-order valence-corrected chi connectivity index (χ0v) is 9.63. The predicted octanol–water partition coefficient (Wildman–Crippen LogP) is 4.33. The number of benzene rings is 1. The lowest BCUT2D eigenvalue weighted by Gasteiger charge is -2.02. The Labute approximate surface area is 99.7 Å². The monoisotopic (exact) mass is 262 g/mol. The summed E-state index contributed by atoms with van der Waals surface area (Å²) in [5, 5.41) is 5.93. The molecule has 0 radical (unpaired) electrons. The first-order chi connectivity index (χ1) is 7.13. The quantitative estimate of drug-likeness (QED) is 0.872. The van der Waals surface area contributed by atoms with Crippen molar-refractivity contribution >= 4 is 45.4 Å². The second-order valence-electron chi connectivity index (χ2n) is 2.76. The molecule has 2 aromatic rings. The Kier molecular flexibility index (Phi) is 3.09. The SMILES string of the molecule is Fc1cc(Cl)cc(Nc2nc(Cl)cs2)c1. The van der Waals surface area contributed by atoms with E-state index in [1.165, 1.54) is 23.5 Å². The molecule has 0 saturated heterocycles. The van der Waals surface area contributed by atoms with Crippen molar-refractivity contribution in [3.05, 3.63) is 39.6 Å². The standard InChI is InChI=1S/C9H5Cl2FN2S/c10-5-1-6(12)3-7(2-5)13-9-14-8(11)4-15-9/h1-4H,(H,13,14). The zero-order chi connectivity index (χ0) is 10.8. The first kappa shape index (κ1) is 10.7.